The van der Waals surface area contributed by atoms with Gasteiger partial charge < -0.3 is 20.6 Å². The molecule has 2 fully saturated rings. The molecule has 1 aliphatic heterocycles. The summed E-state index contributed by atoms with van der Waals surface area (Å²) in [6.07, 6.45) is 3.63. The van der Waals surface area contributed by atoms with Crippen molar-refractivity contribution >= 4 is 29.0 Å². The van der Waals surface area contributed by atoms with Crippen LogP contribution in [-0.4, -0.2) is 63.1 Å². The lowest BCUT2D eigenvalue weighted by atomic mass is 9.85. The minimum absolute atomic E-state index is 0.00899. The van der Waals surface area contributed by atoms with E-state index in [0.717, 1.165) is 37.0 Å². The van der Waals surface area contributed by atoms with E-state index in [0.29, 0.717) is 24.8 Å². The number of anilines is 1. The number of pyridine rings is 1. The molecule has 1 atom stereocenters. The zero-order chi connectivity index (χ0) is 26.0. The Morgan fingerprint density at radius 2 is 2.03 bits per heavy atom. The van der Waals surface area contributed by atoms with Crippen LogP contribution in [0, 0.1) is 5.92 Å². The Labute approximate surface area is 213 Å². The van der Waals surface area contributed by atoms with Gasteiger partial charge in [-0.05, 0) is 58.4 Å². The van der Waals surface area contributed by atoms with E-state index in [1.165, 1.54) is 18.7 Å². The fourth-order valence-electron chi connectivity index (χ4n) is 4.37. The summed E-state index contributed by atoms with van der Waals surface area (Å²) in [6.45, 7) is 6.22. The van der Waals surface area contributed by atoms with Gasteiger partial charge in [-0.3, -0.25) is 9.59 Å². The zero-order valence-corrected chi connectivity index (χ0v) is 21.6. The molecular formula is C25H33F2N5O3S. The van der Waals surface area contributed by atoms with Crippen molar-refractivity contribution in [2.75, 3.05) is 25.0 Å². The van der Waals surface area contributed by atoms with Gasteiger partial charge in [-0.15, -0.1) is 11.3 Å². The van der Waals surface area contributed by atoms with Crippen molar-refractivity contribution in [3.8, 4) is 10.4 Å². The largest absolute Gasteiger partial charge is 0.389 e. The second-order valence-electron chi connectivity index (χ2n) is 10.3. The molecule has 2 aromatic heterocycles. The van der Waals surface area contributed by atoms with Crippen LogP contribution in [0.2, 0.25) is 0 Å². The molecule has 196 valence electrons. The molecule has 0 radical (unpaired) electrons. The minimum Gasteiger partial charge on any atom is -0.389 e. The number of hydrogen-bond acceptors (Lipinski definition) is 7. The topological polar surface area (TPSA) is 107 Å². The van der Waals surface area contributed by atoms with Crippen LogP contribution in [0.1, 0.15) is 85.2 Å². The average Bonchev–Trinajstić information content (AvgIpc) is 3.42. The third kappa shape index (κ3) is 6.00. The molecule has 1 aliphatic carbocycles. The first-order valence-electron chi connectivity index (χ1n) is 12.4. The number of likely N-dealkylation sites (tertiary alicyclic amines) is 1. The Balaban J connectivity index is 1.70. The summed E-state index contributed by atoms with van der Waals surface area (Å²) in [5.74, 6) is -0.0864. The smallest absolute Gasteiger partial charge is 0.280 e. The van der Waals surface area contributed by atoms with E-state index in [1.807, 2.05) is 6.92 Å². The van der Waals surface area contributed by atoms with Crippen molar-refractivity contribution in [1.29, 1.82) is 0 Å². The predicted octanol–water partition coefficient (Wildman–Crippen LogP) is 4.48. The molecule has 8 nitrogen and oxygen atoms in total. The number of hydrogen-bond donors (Lipinski definition) is 3. The van der Waals surface area contributed by atoms with Gasteiger partial charge in [0.1, 0.15) is 11.5 Å². The van der Waals surface area contributed by atoms with Gasteiger partial charge in [0, 0.05) is 43.0 Å². The maximum absolute atomic E-state index is 14.2. The maximum atomic E-state index is 14.2. The number of carbonyl (C=O) groups is 2. The van der Waals surface area contributed by atoms with Gasteiger partial charge in [-0.2, -0.15) is 0 Å². The van der Waals surface area contributed by atoms with E-state index in [1.54, 1.807) is 18.7 Å². The molecular weight excluding hydrogens is 488 g/mol. The first kappa shape index (κ1) is 26.4. The summed E-state index contributed by atoms with van der Waals surface area (Å²) in [5, 5.41) is 15.6. The molecule has 2 aliphatic rings. The van der Waals surface area contributed by atoms with Gasteiger partial charge in [-0.25, -0.2) is 18.7 Å². The lowest BCUT2D eigenvalue weighted by Crippen LogP contribution is -2.38. The van der Waals surface area contributed by atoms with Gasteiger partial charge in [0.2, 0.25) is 0 Å². The zero-order valence-electron chi connectivity index (χ0n) is 20.8. The van der Waals surface area contributed by atoms with Gasteiger partial charge in [0.15, 0.2) is 5.01 Å². The molecule has 11 heteroatoms. The van der Waals surface area contributed by atoms with Gasteiger partial charge in [0.25, 0.3) is 18.2 Å². The van der Waals surface area contributed by atoms with Crippen LogP contribution in [0.4, 0.5) is 14.6 Å². The highest BCUT2D eigenvalue weighted by molar-refractivity contribution is 7.17. The molecule has 0 aromatic carbocycles. The number of aromatic nitrogens is 2. The summed E-state index contributed by atoms with van der Waals surface area (Å²) in [7, 11) is 0. The number of halogens is 2. The Kier molecular flexibility index (Phi) is 7.89. The maximum Gasteiger partial charge on any atom is 0.280 e. The number of carbonyl (C=O) groups excluding carboxylic acids is 2. The molecule has 2 aromatic rings. The van der Waals surface area contributed by atoms with Crippen LogP contribution < -0.4 is 10.6 Å². The van der Waals surface area contributed by atoms with E-state index in [9.17, 15) is 23.5 Å². The second kappa shape index (κ2) is 10.8. The Morgan fingerprint density at radius 1 is 1.28 bits per heavy atom. The van der Waals surface area contributed by atoms with Crippen LogP contribution in [0.25, 0.3) is 10.4 Å². The van der Waals surface area contributed by atoms with Crippen molar-refractivity contribution in [2.24, 2.45) is 5.92 Å². The molecule has 4 rings (SSSR count). The Hall–Kier alpha value is -2.66. The van der Waals surface area contributed by atoms with Crippen molar-refractivity contribution in [3.63, 3.8) is 0 Å². The van der Waals surface area contributed by atoms with Crippen LogP contribution in [0.3, 0.4) is 0 Å². The Bertz CT molecular complexity index is 1110. The average molecular weight is 522 g/mol. The summed E-state index contributed by atoms with van der Waals surface area (Å²) < 4.78 is 28.4. The van der Waals surface area contributed by atoms with E-state index >= 15 is 0 Å². The van der Waals surface area contributed by atoms with Crippen molar-refractivity contribution in [3.05, 3.63) is 28.5 Å². The van der Waals surface area contributed by atoms with Gasteiger partial charge >= 0.3 is 0 Å². The molecule has 0 unspecified atom stereocenters. The molecule has 0 bridgehead atoms. The third-order valence-corrected chi connectivity index (χ3v) is 7.82. The summed E-state index contributed by atoms with van der Waals surface area (Å²) in [4.78, 5) is 36.7. The van der Waals surface area contributed by atoms with Crippen molar-refractivity contribution in [2.45, 2.75) is 70.9 Å². The van der Waals surface area contributed by atoms with E-state index in [-0.39, 0.29) is 45.2 Å². The first-order valence-corrected chi connectivity index (χ1v) is 13.2. The summed E-state index contributed by atoms with van der Waals surface area (Å²) in [6, 6.07) is 1.31. The lowest BCUT2D eigenvalue weighted by molar-refractivity contribution is 0.0692. The number of amides is 2. The number of thiazole rings is 1. The highest BCUT2D eigenvalue weighted by atomic mass is 32.1. The molecule has 3 heterocycles. The molecule has 3 N–H and O–H groups in total. The van der Waals surface area contributed by atoms with Crippen LogP contribution in [0.15, 0.2) is 12.3 Å². The fourth-order valence-corrected chi connectivity index (χ4v) is 5.38. The molecule has 2 amide bonds. The molecule has 36 heavy (non-hydrogen) atoms. The van der Waals surface area contributed by atoms with Crippen LogP contribution in [-0.2, 0) is 0 Å². The first-order chi connectivity index (χ1) is 17.0. The molecule has 1 saturated carbocycles. The van der Waals surface area contributed by atoms with Crippen LogP contribution in [0.5, 0.6) is 0 Å². The summed E-state index contributed by atoms with van der Waals surface area (Å²) in [5.41, 5.74) is -1.35. The standard InChI is InChI=1S/C25H33F2N5O3S/c1-14-6-5-9-32(14)24(34)19-20(36-23(31-19)22(33)30-13-25(2,3)35)17-12-29-18(10-16(17)21(26)27)28-11-15-7-4-8-15/h10,12,14-15,21,35H,4-9,11,13H2,1-3H3,(H,28,29)(H,30,33)/t14-/m0/s1. The number of alkyl halides is 2. The summed E-state index contributed by atoms with van der Waals surface area (Å²) >= 11 is 0.882. The molecule has 0 spiro atoms. The minimum atomic E-state index is -2.81. The SMILES string of the molecule is C[C@H]1CCCN1C(=O)c1nc(C(=O)NCC(C)(C)O)sc1-c1cnc(NCC2CCC2)cc1C(F)F. The van der Waals surface area contributed by atoms with Gasteiger partial charge in [0.05, 0.1) is 10.5 Å². The second-order valence-corrected chi connectivity index (χ2v) is 11.3. The van der Waals surface area contributed by atoms with Crippen LogP contribution >= 0.6 is 11.3 Å². The van der Waals surface area contributed by atoms with Crippen molar-refractivity contribution < 1.29 is 23.5 Å². The van der Waals surface area contributed by atoms with Crippen molar-refractivity contribution in [1.82, 2.24) is 20.2 Å². The highest BCUT2D eigenvalue weighted by Crippen LogP contribution is 2.39. The quantitative estimate of drug-likeness (QED) is 0.449. The molecule has 1 saturated heterocycles. The normalized spacial score (nSPS) is 18.4. The van der Waals surface area contributed by atoms with Gasteiger partial charge in [-0.1, -0.05) is 6.42 Å². The predicted molar refractivity (Wildman–Crippen MR) is 134 cm³/mol. The Morgan fingerprint density at radius 3 is 2.61 bits per heavy atom. The van der Waals surface area contributed by atoms with E-state index in [4.69, 9.17) is 0 Å². The van der Waals surface area contributed by atoms with E-state index < -0.39 is 17.9 Å². The monoisotopic (exact) mass is 521 g/mol. The fraction of sp³-hybridized carbons (Fsp3) is 0.600. The number of nitrogens with zero attached hydrogens (tertiary/aromatic N) is 3. The third-order valence-electron chi connectivity index (χ3n) is 6.73. The van der Waals surface area contributed by atoms with E-state index in [2.05, 4.69) is 20.6 Å². The number of rotatable bonds is 9. The lowest BCUT2D eigenvalue weighted by Gasteiger charge is -2.25. The number of aliphatic hydroxyl groups is 1. The highest BCUT2D eigenvalue weighted by Gasteiger charge is 2.33. The number of nitrogens with one attached hydrogen (secondary N) is 2.